The predicted molar refractivity (Wildman–Crippen MR) is 71.5 cm³/mol. The van der Waals surface area contributed by atoms with Crippen LogP contribution in [0.5, 0.6) is 0 Å². The maximum absolute atomic E-state index is 11.7. The van der Waals surface area contributed by atoms with E-state index in [9.17, 15) is 4.79 Å². The van der Waals surface area contributed by atoms with Gasteiger partial charge in [0.2, 0.25) is 11.8 Å². The fourth-order valence-corrected chi connectivity index (χ4v) is 1.67. The molecule has 6 nitrogen and oxygen atoms in total. The van der Waals surface area contributed by atoms with E-state index in [0.717, 1.165) is 0 Å². The van der Waals surface area contributed by atoms with Gasteiger partial charge in [-0.15, -0.1) is 0 Å². The van der Waals surface area contributed by atoms with Crippen molar-refractivity contribution in [3.8, 4) is 0 Å². The van der Waals surface area contributed by atoms with Crippen molar-refractivity contribution in [1.29, 1.82) is 0 Å². The first-order valence-corrected chi connectivity index (χ1v) is 6.08. The van der Waals surface area contributed by atoms with E-state index in [1.807, 2.05) is 12.1 Å². The molecule has 1 heterocycles. The fraction of sp³-hybridized carbons (Fsp3) is 0.308. The third-order valence-electron chi connectivity index (χ3n) is 2.60. The van der Waals surface area contributed by atoms with Crippen molar-refractivity contribution in [2.24, 2.45) is 0 Å². The minimum atomic E-state index is -0.0749. The number of nitrogens with zero attached hydrogens (tertiary/aromatic N) is 2. The van der Waals surface area contributed by atoms with Gasteiger partial charge in [-0.05, 0) is 25.5 Å². The lowest BCUT2D eigenvalue weighted by atomic mass is 10.2. The molecule has 0 bridgehead atoms. The summed E-state index contributed by atoms with van der Waals surface area (Å²) in [6.45, 7) is 1.76. The minimum Gasteiger partial charge on any atom is -0.397 e. The predicted octanol–water partition coefficient (Wildman–Crippen LogP) is 1.92. The highest BCUT2D eigenvalue weighted by molar-refractivity contribution is 5.93. The number of hydrogen-bond donors (Lipinski definition) is 2. The lowest BCUT2D eigenvalue weighted by Gasteiger charge is -2.06. The molecule has 100 valence electrons. The molecule has 0 aliphatic carbocycles. The SMILES string of the molecule is Cc1noc(CCCC(=O)Nc2ccccc2N)n1. The number of nitrogens with one attached hydrogen (secondary N) is 1. The van der Waals surface area contributed by atoms with Crippen LogP contribution in [0.2, 0.25) is 0 Å². The van der Waals surface area contributed by atoms with Crippen molar-refractivity contribution < 1.29 is 9.32 Å². The van der Waals surface area contributed by atoms with Gasteiger partial charge in [0.15, 0.2) is 5.82 Å². The van der Waals surface area contributed by atoms with Crippen LogP contribution in [-0.2, 0) is 11.2 Å². The summed E-state index contributed by atoms with van der Waals surface area (Å²) >= 11 is 0. The number of nitrogens with two attached hydrogens (primary N) is 1. The molecule has 0 spiro atoms. The Balaban J connectivity index is 1.77. The van der Waals surface area contributed by atoms with Crippen molar-refractivity contribution in [2.45, 2.75) is 26.2 Å². The molecule has 1 amide bonds. The van der Waals surface area contributed by atoms with E-state index in [0.29, 0.717) is 42.4 Å². The van der Waals surface area contributed by atoms with Gasteiger partial charge >= 0.3 is 0 Å². The maximum Gasteiger partial charge on any atom is 0.226 e. The van der Waals surface area contributed by atoms with Gasteiger partial charge in [-0.3, -0.25) is 4.79 Å². The summed E-state index contributed by atoms with van der Waals surface area (Å²) in [6.07, 6.45) is 1.63. The molecule has 0 unspecified atom stereocenters. The molecule has 1 aromatic heterocycles. The maximum atomic E-state index is 11.7. The number of aromatic nitrogens is 2. The molecule has 2 rings (SSSR count). The highest BCUT2D eigenvalue weighted by atomic mass is 16.5. The Bertz CT molecular complexity index is 565. The molecule has 0 saturated heterocycles. The number of nitrogen functional groups attached to an aromatic ring is 1. The van der Waals surface area contributed by atoms with Crippen LogP contribution < -0.4 is 11.1 Å². The van der Waals surface area contributed by atoms with Crippen molar-refractivity contribution in [3.05, 3.63) is 36.0 Å². The molecule has 2 aromatic rings. The Morgan fingerprint density at radius 2 is 2.21 bits per heavy atom. The topological polar surface area (TPSA) is 94.0 Å². The molecule has 0 aliphatic rings. The first-order valence-electron chi connectivity index (χ1n) is 6.08. The Kier molecular flexibility index (Phi) is 4.12. The molecule has 6 heteroatoms. The molecule has 0 saturated carbocycles. The molecule has 0 radical (unpaired) electrons. The van der Waals surface area contributed by atoms with Crippen molar-refractivity contribution in [3.63, 3.8) is 0 Å². The Morgan fingerprint density at radius 3 is 2.89 bits per heavy atom. The number of rotatable bonds is 5. The standard InChI is InChI=1S/C13H16N4O2/c1-9-15-13(19-17-9)8-4-7-12(18)16-11-6-3-2-5-10(11)14/h2-3,5-6H,4,7-8,14H2,1H3,(H,16,18). The van der Waals surface area contributed by atoms with Gasteiger partial charge in [0, 0.05) is 12.8 Å². The number of hydrogen-bond acceptors (Lipinski definition) is 5. The van der Waals surface area contributed by atoms with E-state index in [4.69, 9.17) is 10.3 Å². The van der Waals surface area contributed by atoms with E-state index in [1.54, 1.807) is 19.1 Å². The minimum absolute atomic E-state index is 0.0749. The third-order valence-corrected chi connectivity index (χ3v) is 2.60. The van der Waals surface area contributed by atoms with Crippen LogP contribution in [0, 0.1) is 6.92 Å². The van der Waals surface area contributed by atoms with E-state index >= 15 is 0 Å². The molecular weight excluding hydrogens is 244 g/mol. The summed E-state index contributed by atoms with van der Waals surface area (Å²) in [4.78, 5) is 15.8. The lowest BCUT2D eigenvalue weighted by molar-refractivity contribution is -0.116. The Labute approximate surface area is 111 Å². The van der Waals surface area contributed by atoms with Crippen LogP contribution >= 0.6 is 0 Å². The van der Waals surface area contributed by atoms with Gasteiger partial charge in [0.25, 0.3) is 0 Å². The average molecular weight is 260 g/mol. The summed E-state index contributed by atoms with van der Waals surface area (Å²) in [6, 6.07) is 7.17. The highest BCUT2D eigenvalue weighted by Gasteiger charge is 2.07. The number of carbonyl (C=O) groups excluding carboxylic acids is 1. The monoisotopic (exact) mass is 260 g/mol. The van der Waals surface area contributed by atoms with Crippen LogP contribution in [0.4, 0.5) is 11.4 Å². The number of para-hydroxylation sites is 2. The van der Waals surface area contributed by atoms with Gasteiger partial charge in [-0.2, -0.15) is 4.98 Å². The van der Waals surface area contributed by atoms with E-state index in [1.165, 1.54) is 0 Å². The van der Waals surface area contributed by atoms with Crippen LogP contribution in [0.1, 0.15) is 24.6 Å². The average Bonchev–Trinajstić information content (AvgIpc) is 2.78. The molecule has 3 N–H and O–H groups in total. The number of carbonyl (C=O) groups is 1. The molecule has 0 aliphatic heterocycles. The molecule has 0 fully saturated rings. The van der Waals surface area contributed by atoms with E-state index in [2.05, 4.69) is 15.5 Å². The Morgan fingerprint density at radius 1 is 1.42 bits per heavy atom. The number of amides is 1. The highest BCUT2D eigenvalue weighted by Crippen LogP contribution is 2.17. The van der Waals surface area contributed by atoms with Crippen LogP contribution in [-0.4, -0.2) is 16.0 Å². The second kappa shape index (κ2) is 5.99. The lowest BCUT2D eigenvalue weighted by Crippen LogP contribution is -2.12. The summed E-state index contributed by atoms with van der Waals surface area (Å²) < 4.78 is 4.97. The van der Waals surface area contributed by atoms with E-state index in [-0.39, 0.29) is 5.91 Å². The van der Waals surface area contributed by atoms with Crippen LogP contribution in [0.15, 0.2) is 28.8 Å². The molecule has 1 aromatic carbocycles. The smallest absolute Gasteiger partial charge is 0.226 e. The second-order valence-electron chi connectivity index (χ2n) is 4.22. The number of benzene rings is 1. The fourth-order valence-electron chi connectivity index (χ4n) is 1.67. The zero-order valence-corrected chi connectivity index (χ0v) is 10.7. The van der Waals surface area contributed by atoms with Gasteiger partial charge in [-0.1, -0.05) is 17.3 Å². The van der Waals surface area contributed by atoms with Crippen molar-refractivity contribution in [2.75, 3.05) is 11.1 Å². The van der Waals surface area contributed by atoms with Crippen LogP contribution in [0.25, 0.3) is 0 Å². The third kappa shape index (κ3) is 3.80. The van der Waals surface area contributed by atoms with Gasteiger partial charge < -0.3 is 15.6 Å². The molecule has 0 atom stereocenters. The first kappa shape index (κ1) is 13.1. The summed E-state index contributed by atoms with van der Waals surface area (Å²) in [7, 11) is 0. The first-order chi connectivity index (χ1) is 9.15. The van der Waals surface area contributed by atoms with Gasteiger partial charge in [0.05, 0.1) is 11.4 Å². The van der Waals surface area contributed by atoms with Crippen molar-refractivity contribution >= 4 is 17.3 Å². The quantitative estimate of drug-likeness (QED) is 0.801. The zero-order valence-electron chi connectivity index (χ0n) is 10.7. The largest absolute Gasteiger partial charge is 0.397 e. The zero-order chi connectivity index (χ0) is 13.7. The van der Waals surface area contributed by atoms with E-state index < -0.39 is 0 Å². The summed E-state index contributed by atoms with van der Waals surface area (Å²) in [5.41, 5.74) is 6.94. The van der Waals surface area contributed by atoms with Gasteiger partial charge in [0.1, 0.15) is 0 Å². The van der Waals surface area contributed by atoms with Crippen molar-refractivity contribution in [1.82, 2.24) is 10.1 Å². The van der Waals surface area contributed by atoms with Gasteiger partial charge in [-0.25, -0.2) is 0 Å². The Hall–Kier alpha value is -2.37. The molecule has 19 heavy (non-hydrogen) atoms. The number of anilines is 2. The normalized spacial score (nSPS) is 10.4. The second-order valence-corrected chi connectivity index (χ2v) is 4.22. The van der Waals surface area contributed by atoms with Crippen LogP contribution in [0.3, 0.4) is 0 Å². The summed E-state index contributed by atoms with van der Waals surface area (Å²) in [5.74, 6) is 1.09. The molecular formula is C13H16N4O2. The summed E-state index contributed by atoms with van der Waals surface area (Å²) in [5, 5.41) is 6.46. The number of aryl methyl sites for hydroxylation is 2.